The molecule has 1 saturated carbocycles. The Morgan fingerprint density at radius 3 is 2.64 bits per heavy atom. The second kappa shape index (κ2) is 10.4. The minimum absolute atomic E-state index is 0.0555. The molecule has 1 unspecified atom stereocenters. The van der Waals surface area contributed by atoms with Crippen LogP contribution in [0.5, 0.6) is 5.75 Å². The van der Waals surface area contributed by atoms with E-state index in [0.717, 1.165) is 25.7 Å². The van der Waals surface area contributed by atoms with Crippen LogP contribution in [0.4, 0.5) is 4.79 Å². The molecule has 2 N–H and O–H groups in total. The highest BCUT2D eigenvalue weighted by atomic mass is 32.2. The van der Waals surface area contributed by atoms with E-state index >= 15 is 0 Å². The zero-order valence-electron chi connectivity index (χ0n) is 19.7. The van der Waals surface area contributed by atoms with E-state index in [4.69, 9.17) is 14.2 Å². The van der Waals surface area contributed by atoms with Gasteiger partial charge >= 0.3 is 12.1 Å². The second-order valence-electron chi connectivity index (χ2n) is 9.34. The number of hydrogen-bond acceptors (Lipinski definition) is 7. The molecule has 0 spiro atoms. The molecule has 1 aromatic heterocycles. The van der Waals surface area contributed by atoms with Gasteiger partial charge in [0.15, 0.2) is 5.60 Å². The van der Waals surface area contributed by atoms with Crippen LogP contribution in [0.15, 0.2) is 18.3 Å². The zero-order valence-corrected chi connectivity index (χ0v) is 20.5. The van der Waals surface area contributed by atoms with Crippen molar-refractivity contribution in [2.75, 3.05) is 11.5 Å². The van der Waals surface area contributed by atoms with Crippen LogP contribution in [-0.2, 0) is 31.5 Å². The number of rotatable bonds is 9. The van der Waals surface area contributed by atoms with Crippen LogP contribution < -0.4 is 10.1 Å². The minimum Gasteiger partial charge on any atom is -0.490 e. The Morgan fingerprint density at radius 2 is 2.06 bits per heavy atom. The lowest BCUT2D eigenvalue weighted by Gasteiger charge is -2.33. The number of ether oxygens (including phenoxy) is 3. The van der Waals surface area contributed by atoms with Crippen molar-refractivity contribution in [2.24, 2.45) is 5.92 Å². The van der Waals surface area contributed by atoms with E-state index in [1.54, 1.807) is 39.1 Å². The van der Waals surface area contributed by atoms with E-state index in [9.17, 15) is 18.9 Å². The summed E-state index contributed by atoms with van der Waals surface area (Å²) in [6.07, 6.45) is 4.55. The van der Waals surface area contributed by atoms with E-state index < -0.39 is 40.3 Å². The summed E-state index contributed by atoms with van der Waals surface area (Å²) in [5, 5.41) is 11.8. The molecule has 0 radical (unpaired) electrons. The maximum atomic E-state index is 13.1. The van der Waals surface area contributed by atoms with Crippen LogP contribution >= 0.6 is 0 Å². The molecule has 9 nitrogen and oxygen atoms in total. The highest BCUT2D eigenvalue weighted by molar-refractivity contribution is 7.85. The lowest BCUT2D eigenvalue weighted by Crippen LogP contribution is -2.60. The Labute approximate surface area is 197 Å². The van der Waals surface area contributed by atoms with Crippen LogP contribution in [0.3, 0.4) is 0 Å². The SMILES string of the molecule is CCS(=O)C[C@H](NC(=O)O)[C@@]1(Cc2cc(OC3CCC(C)CC3)ccn2)OC(C)(C)OC1=O. The average molecular weight is 483 g/mol. The van der Waals surface area contributed by atoms with Gasteiger partial charge < -0.3 is 24.6 Å². The van der Waals surface area contributed by atoms with Gasteiger partial charge in [0.2, 0.25) is 5.79 Å². The molecule has 3 rings (SSSR count). The van der Waals surface area contributed by atoms with Crippen molar-refractivity contribution in [1.29, 1.82) is 0 Å². The Morgan fingerprint density at radius 1 is 1.36 bits per heavy atom. The monoisotopic (exact) mass is 482 g/mol. The highest BCUT2D eigenvalue weighted by Crippen LogP contribution is 2.38. The number of nitrogens with zero attached hydrogens (tertiary/aromatic N) is 1. The Kier molecular flexibility index (Phi) is 8.00. The molecule has 1 saturated heterocycles. The van der Waals surface area contributed by atoms with Gasteiger partial charge in [-0.2, -0.15) is 0 Å². The maximum absolute atomic E-state index is 13.1. The first-order valence-electron chi connectivity index (χ1n) is 11.4. The van der Waals surface area contributed by atoms with Gasteiger partial charge in [-0.05, 0) is 37.7 Å². The van der Waals surface area contributed by atoms with E-state index in [-0.39, 0.29) is 18.3 Å². The van der Waals surface area contributed by atoms with Crippen molar-refractivity contribution in [3.8, 4) is 5.75 Å². The number of cyclic esters (lactones) is 1. The molecule has 1 amide bonds. The molecule has 2 aliphatic rings. The van der Waals surface area contributed by atoms with Crippen molar-refractivity contribution < 1.29 is 33.1 Å². The molecule has 2 fully saturated rings. The third-order valence-corrected chi connectivity index (χ3v) is 7.49. The first-order chi connectivity index (χ1) is 15.5. The molecule has 1 aromatic rings. The zero-order chi connectivity index (χ0) is 24.2. The summed E-state index contributed by atoms with van der Waals surface area (Å²) in [5.41, 5.74) is -1.22. The fourth-order valence-corrected chi connectivity index (χ4v) is 5.40. The maximum Gasteiger partial charge on any atom is 0.405 e. The van der Waals surface area contributed by atoms with Gasteiger partial charge in [-0.1, -0.05) is 13.8 Å². The third kappa shape index (κ3) is 6.44. The molecule has 0 bridgehead atoms. The van der Waals surface area contributed by atoms with Crippen LogP contribution in [0.2, 0.25) is 0 Å². The molecular weight excluding hydrogens is 448 g/mol. The van der Waals surface area contributed by atoms with Crippen molar-refractivity contribution in [3.63, 3.8) is 0 Å². The van der Waals surface area contributed by atoms with Crippen molar-refractivity contribution in [2.45, 2.75) is 83.3 Å². The fraction of sp³-hybridized carbons (Fsp3) is 0.696. The summed E-state index contributed by atoms with van der Waals surface area (Å²) in [6.45, 7) is 7.14. The van der Waals surface area contributed by atoms with Crippen LogP contribution in [0.1, 0.15) is 59.1 Å². The molecule has 33 heavy (non-hydrogen) atoms. The predicted octanol–water partition coefficient (Wildman–Crippen LogP) is 3.03. The van der Waals surface area contributed by atoms with Gasteiger partial charge in [0.25, 0.3) is 0 Å². The topological polar surface area (TPSA) is 124 Å². The summed E-state index contributed by atoms with van der Waals surface area (Å²) in [4.78, 5) is 29.0. The summed E-state index contributed by atoms with van der Waals surface area (Å²) in [7, 11) is -1.36. The van der Waals surface area contributed by atoms with Gasteiger partial charge in [0, 0.05) is 60.5 Å². The summed E-state index contributed by atoms with van der Waals surface area (Å²) < 4.78 is 30.0. The van der Waals surface area contributed by atoms with E-state index in [0.29, 0.717) is 23.1 Å². The van der Waals surface area contributed by atoms with Crippen LogP contribution in [0.25, 0.3) is 0 Å². The first kappa shape index (κ1) is 25.4. The number of hydrogen-bond donors (Lipinski definition) is 2. The third-order valence-electron chi connectivity index (χ3n) is 6.14. The van der Waals surface area contributed by atoms with Crippen LogP contribution in [0, 0.1) is 5.92 Å². The van der Waals surface area contributed by atoms with Gasteiger partial charge in [-0.15, -0.1) is 0 Å². The molecule has 184 valence electrons. The standard InChI is InChI=1S/C23H34N2O7S/c1-5-33(29)14-19(25-21(27)28)23(20(26)31-22(3,4)32-23)13-16-12-18(10-11-24-16)30-17-8-6-15(2)7-9-17/h10-12,15,17,19,25H,5-9,13-14H2,1-4H3,(H,27,28)/t15?,17?,19-,23+,33?/m0/s1. The smallest absolute Gasteiger partial charge is 0.405 e. The summed E-state index contributed by atoms with van der Waals surface area (Å²) >= 11 is 0. The molecule has 10 heteroatoms. The van der Waals surface area contributed by atoms with E-state index in [1.165, 1.54) is 0 Å². The molecule has 0 aromatic carbocycles. The normalized spacial score (nSPS) is 28.5. The van der Waals surface area contributed by atoms with Crippen molar-refractivity contribution >= 4 is 22.9 Å². The molecule has 2 heterocycles. The van der Waals surface area contributed by atoms with Crippen molar-refractivity contribution in [3.05, 3.63) is 24.0 Å². The van der Waals surface area contributed by atoms with E-state index in [2.05, 4.69) is 17.2 Å². The molecule has 1 aliphatic carbocycles. The molecular formula is C23H34N2O7S. The number of carbonyl (C=O) groups is 2. The van der Waals surface area contributed by atoms with Crippen LogP contribution in [-0.4, -0.2) is 61.4 Å². The first-order valence-corrected chi connectivity index (χ1v) is 12.9. The minimum atomic E-state index is -1.71. The molecule has 3 atom stereocenters. The van der Waals surface area contributed by atoms with Gasteiger partial charge in [0.1, 0.15) is 5.75 Å². The Hall–Kier alpha value is -2.20. The lowest BCUT2D eigenvalue weighted by molar-refractivity contribution is -0.169. The Balaban J connectivity index is 1.88. The largest absolute Gasteiger partial charge is 0.490 e. The van der Waals surface area contributed by atoms with Gasteiger partial charge in [0.05, 0.1) is 12.1 Å². The number of carboxylic acid groups (broad SMARTS) is 1. The fourth-order valence-electron chi connectivity index (χ4n) is 4.44. The van der Waals surface area contributed by atoms with Gasteiger partial charge in [-0.25, -0.2) is 9.59 Å². The number of aromatic nitrogens is 1. The van der Waals surface area contributed by atoms with Gasteiger partial charge in [-0.3, -0.25) is 9.19 Å². The number of amides is 1. The summed E-state index contributed by atoms with van der Waals surface area (Å²) in [6, 6.07) is 2.43. The number of carbonyl (C=O) groups excluding carboxylic acids is 1. The number of esters is 1. The summed E-state index contributed by atoms with van der Waals surface area (Å²) in [5.74, 6) is -0.415. The number of nitrogens with one attached hydrogen (secondary N) is 1. The second-order valence-corrected chi connectivity index (χ2v) is 11.1. The Bertz CT molecular complexity index is 885. The predicted molar refractivity (Wildman–Crippen MR) is 122 cm³/mol. The van der Waals surface area contributed by atoms with E-state index in [1.807, 2.05) is 0 Å². The molecule has 1 aliphatic heterocycles. The highest BCUT2D eigenvalue weighted by Gasteiger charge is 2.59. The quantitative estimate of drug-likeness (QED) is 0.515. The van der Waals surface area contributed by atoms with Crippen molar-refractivity contribution in [1.82, 2.24) is 10.3 Å². The lowest BCUT2D eigenvalue weighted by atomic mass is 9.88. The number of pyridine rings is 1. The average Bonchev–Trinajstić information content (AvgIpc) is 2.97.